The lowest BCUT2D eigenvalue weighted by molar-refractivity contribution is 0.113. The van der Waals surface area contributed by atoms with Gasteiger partial charge in [-0.05, 0) is 31.6 Å². The van der Waals surface area contributed by atoms with Gasteiger partial charge in [-0.3, -0.25) is 4.90 Å². The third kappa shape index (κ3) is 1.71. The summed E-state index contributed by atoms with van der Waals surface area (Å²) in [4.78, 5) is 2.59. The fourth-order valence-electron chi connectivity index (χ4n) is 3.09. The van der Waals surface area contributed by atoms with E-state index < -0.39 is 0 Å². The lowest BCUT2D eigenvalue weighted by Gasteiger charge is -2.37. The molecule has 0 saturated carbocycles. The Morgan fingerprint density at radius 1 is 1.31 bits per heavy atom. The molecule has 0 aromatic rings. The van der Waals surface area contributed by atoms with E-state index in [2.05, 4.69) is 17.9 Å². The van der Waals surface area contributed by atoms with Gasteiger partial charge in [0.15, 0.2) is 0 Å². The highest BCUT2D eigenvalue weighted by Gasteiger charge is 2.38. The average Bonchev–Trinajstić information content (AvgIpc) is 2.33. The normalized spacial score (nSPS) is 38.9. The van der Waals surface area contributed by atoms with Gasteiger partial charge >= 0.3 is 0 Å². The Hall–Kier alpha value is -0.550. The Morgan fingerprint density at radius 2 is 1.92 bits per heavy atom. The van der Waals surface area contributed by atoms with Crippen molar-refractivity contribution in [3.8, 4) is 6.07 Å². The van der Waals surface area contributed by atoms with E-state index in [1.807, 2.05) is 0 Å². The molecule has 0 N–H and O–H groups in total. The molecule has 72 valence electrons. The van der Waals surface area contributed by atoms with Crippen LogP contribution >= 0.6 is 0 Å². The molecule has 2 heterocycles. The van der Waals surface area contributed by atoms with Gasteiger partial charge < -0.3 is 0 Å². The predicted molar refractivity (Wildman–Crippen MR) is 52.1 cm³/mol. The summed E-state index contributed by atoms with van der Waals surface area (Å²) in [5, 5.41) is 8.57. The molecule has 2 aliphatic heterocycles. The molecule has 0 aromatic heterocycles. The first kappa shape index (κ1) is 9.02. The summed E-state index contributed by atoms with van der Waals surface area (Å²) in [6.07, 6.45) is 6.19. The number of fused-ring (bicyclic) bond motifs is 2. The fraction of sp³-hybridized carbons (Fsp3) is 0.909. The van der Waals surface area contributed by atoms with Crippen LogP contribution in [0.15, 0.2) is 0 Å². The molecule has 0 amide bonds. The first-order valence-electron chi connectivity index (χ1n) is 5.44. The van der Waals surface area contributed by atoms with Crippen LogP contribution in [0, 0.1) is 17.2 Å². The van der Waals surface area contributed by atoms with Gasteiger partial charge in [0.1, 0.15) is 0 Å². The number of hydrogen-bond donors (Lipinski definition) is 0. The van der Waals surface area contributed by atoms with E-state index in [-0.39, 0.29) is 0 Å². The Balaban J connectivity index is 1.95. The van der Waals surface area contributed by atoms with Crippen LogP contribution in [0.3, 0.4) is 0 Å². The Kier molecular flexibility index (Phi) is 2.55. The largest absolute Gasteiger partial charge is 0.296 e. The minimum Gasteiger partial charge on any atom is -0.296 e. The first-order valence-corrected chi connectivity index (χ1v) is 5.44. The van der Waals surface area contributed by atoms with Crippen molar-refractivity contribution < 1.29 is 0 Å². The van der Waals surface area contributed by atoms with Crippen LogP contribution in [0.25, 0.3) is 0 Å². The molecule has 13 heavy (non-hydrogen) atoms. The van der Waals surface area contributed by atoms with E-state index in [1.165, 1.54) is 25.7 Å². The van der Waals surface area contributed by atoms with E-state index in [0.717, 1.165) is 24.5 Å². The number of piperidine rings is 1. The Bertz CT molecular complexity index is 205. The maximum absolute atomic E-state index is 8.57. The van der Waals surface area contributed by atoms with Gasteiger partial charge in [-0.25, -0.2) is 0 Å². The molecule has 0 unspecified atom stereocenters. The molecule has 2 saturated heterocycles. The highest BCUT2D eigenvalue weighted by molar-refractivity contribution is 4.94. The third-order valence-electron chi connectivity index (χ3n) is 3.60. The van der Waals surface area contributed by atoms with Crippen molar-refractivity contribution in [2.75, 3.05) is 6.54 Å². The van der Waals surface area contributed by atoms with E-state index >= 15 is 0 Å². The summed E-state index contributed by atoms with van der Waals surface area (Å²) in [5.41, 5.74) is 0. The highest BCUT2D eigenvalue weighted by atomic mass is 15.2. The second kappa shape index (κ2) is 3.67. The van der Waals surface area contributed by atoms with Gasteiger partial charge in [-0.1, -0.05) is 6.92 Å². The molecule has 2 rings (SSSR count). The number of rotatable bonds is 2. The van der Waals surface area contributed by atoms with Crippen molar-refractivity contribution in [3.63, 3.8) is 0 Å². The summed E-state index contributed by atoms with van der Waals surface area (Å²) in [5.74, 6) is 0.913. The van der Waals surface area contributed by atoms with Crippen molar-refractivity contribution in [1.82, 2.24) is 4.90 Å². The topological polar surface area (TPSA) is 27.0 Å². The predicted octanol–water partition coefficient (Wildman–Crippen LogP) is 2.16. The minimum absolute atomic E-state index is 0.710. The molecule has 0 spiro atoms. The molecule has 2 heteroatoms. The zero-order valence-electron chi connectivity index (χ0n) is 8.37. The fourth-order valence-corrected chi connectivity index (χ4v) is 3.09. The van der Waals surface area contributed by atoms with Crippen LogP contribution in [0.4, 0.5) is 0 Å². The van der Waals surface area contributed by atoms with Gasteiger partial charge in [-0.2, -0.15) is 5.26 Å². The molecule has 3 atom stereocenters. The van der Waals surface area contributed by atoms with E-state index in [1.54, 1.807) is 0 Å². The quantitative estimate of drug-likeness (QED) is 0.648. The number of hydrogen-bond acceptors (Lipinski definition) is 2. The first-order chi connectivity index (χ1) is 6.31. The zero-order chi connectivity index (χ0) is 9.26. The maximum Gasteiger partial charge on any atom is 0.0635 e. The van der Waals surface area contributed by atoms with Crippen LogP contribution in [0.5, 0.6) is 0 Å². The Labute approximate surface area is 80.5 Å². The standard InChI is InChI=1S/C11H18N2/c1-9-7-10-3-4-11(8-9)13(10)6-2-5-12/h9-11H,2-4,6-8H2,1H3/t9-,10-,11+. The van der Waals surface area contributed by atoms with Crippen LogP contribution in [-0.4, -0.2) is 23.5 Å². The second-order valence-corrected chi connectivity index (χ2v) is 4.61. The maximum atomic E-state index is 8.57. The van der Waals surface area contributed by atoms with Crippen molar-refractivity contribution >= 4 is 0 Å². The average molecular weight is 178 g/mol. The van der Waals surface area contributed by atoms with Crippen LogP contribution in [0.1, 0.15) is 39.0 Å². The summed E-state index contributed by atoms with van der Waals surface area (Å²) in [6.45, 7) is 3.38. The molecule has 0 aliphatic carbocycles. The van der Waals surface area contributed by atoms with Gasteiger partial charge in [0.05, 0.1) is 6.07 Å². The van der Waals surface area contributed by atoms with Crippen LogP contribution in [0.2, 0.25) is 0 Å². The Morgan fingerprint density at radius 3 is 2.46 bits per heavy atom. The van der Waals surface area contributed by atoms with E-state index in [0.29, 0.717) is 6.42 Å². The lowest BCUT2D eigenvalue weighted by Crippen LogP contribution is -2.42. The summed E-state index contributed by atoms with van der Waals surface area (Å²) < 4.78 is 0. The van der Waals surface area contributed by atoms with Crippen molar-refractivity contribution in [2.45, 2.75) is 51.1 Å². The smallest absolute Gasteiger partial charge is 0.0635 e. The monoisotopic (exact) mass is 178 g/mol. The van der Waals surface area contributed by atoms with E-state index in [9.17, 15) is 0 Å². The van der Waals surface area contributed by atoms with Crippen molar-refractivity contribution in [2.24, 2.45) is 5.92 Å². The zero-order valence-corrected chi connectivity index (χ0v) is 8.37. The van der Waals surface area contributed by atoms with Crippen molar-refractivity contribution in [3.05, 3.63) is 0 Å². The van der Waals surface area contributed by atoms with E-state index in [4.69, 9.17) is 5.26 Å². The molecule has 2 bridgehead atoms. The molecular weight excluding hydrogens is 160 g/mol. The van der Waals surface area contributed by atoms with Gasteiger partial charge in [0.25, 0.3) is 0 Å². The molecule has 0 aromatic carbocycles. The van der Waals surface area contributed by atoms with Gasteiger partial charge in [0.2, 0.25) is 0 Å². The summed E-state index contributed by atoms with van der Waals surface area (Å²) in [7, 11) is 0. The summed E-state index contributed by atoms with van der Waals surface area (Å²) in [6, 6.07) is 3.87. The third-order valence-corrected chi connectivity index (χ3v) is 3.60. The van der Waals surface area contributed by atoms with Gasteiger partial charge in [-0.15, -0.1) is 0 Å². The SMILES string of the molecule is C[C@@H]1C[C@H]2CC[C@@H](C1)N2CCC#N. The molecule has 2 fully saturated rings. The number of nitrogens with zero attached hydrogens (tertiary/aromatic N) is 2. The molecule has 2 aliphatic rings. The number of nitriles is 1. The molecule has 2 nitrogen and oxygen atoms in total. The highest BCUT2D eigenvalue weighted by Crippen LogP contribution is 2.38. The molecule has 0 radical (unpaired) electrons. The van der Waals surface area contributed by atoms with Crippen LogP contribution in [-0.2, 0) is 0 Å². The van der Waals surface area contributed by atoms with Crippen molar-refractivity contribution in [1.29, 1.82) is 5.26 Å². The lowest BCUT2D eigenvalue weighted by atomic mass is 9.92. The molecular formula is C11H18N2. The van der Waals surface area contributed by atoms with Crippen LogP contribution < -0.4 is 0 Å². The second-order valence-electron chi connectivity index (χ2n) is 4.61. The minimum atomic E-state index is 0.710. The van der Waals surface area contributed by atoms with Gasteiger partial charge in [0, 0.05) is 25.0 Å². The summed E-state index contributed by atoms with van der Waals surface area (Å²) >= 11 is 0.